The molecule has 6 nitrogen and oxygen atoms in total. The normalized spacial score (nSPS) is 11.8. The molecule has 1 atom stereocenters. The predicted molar refractivity (Wildman–Crippen MR) is 94.4 cm³/mol. The number of methoxy groups -OCH3 is 1. The fourth-order valence-corrected chi connectivity index (χ4v) is 2.02. The second-order valence-corrected chi connectivity index (χ2v) is 5.43. The molecule has 0 radical (unpaired) electrons. The van der Waals surface area contributed by atoms with E-state index < -0.39 is 17.9 Å². The summed E-state index contributed by atoms with van der Waals surface area (Å²) in [6.07, 6.45) is 1.18. The predicted octanol–water partition coefficient (Wildman–Crippen LogP) is 2.81. The van der Waals surface area contributed by atoms with Crippen molar-refractivity contribution in [2.75, 3.05) is 7.11 Å². The molecule has 0 saturated heterocycles. The van der Waals surface area contributed by atoms with Crippen molar-refractivity contribution in [3.63, 3.8) is 0 Å². The number of nitrogens with one attached hydrogen (secondary N) is 1. The van der Waals surface area contributed by atoms with Crippen LogP contribution < -0.4 is 5.32 Å². The Kier molecular flexibility index (Phi) is 6.98. The van der Waals surface area contributed by atoms with Gasteiger partial charge < -0.3 is 14.9 Å². The lowest BCUT2D eigenvalue weighted by atomic mass is 10.2. The van der Waals surface area contributed by atoms with Gasteiger partial charge in [0.1, 0.15) is 6.61 Å². The highest BCUT2D eigenvalue weighted by molar-refractivity contribution is 6.30. The second-order valence-electron chi connectivity index (χ2n) is 4.99. The van der Waals surface area contributed by atoms with Crippen LogP contribution >= 0.6 is 11.6 Å². The maximum Gasteiger partial charge on any atom is 0.334 e. The summed E-state index contributed by atoms with van der Waals surface area (Å²) >= 11 is 5.80. The number of carbonyl (C=O) groups is 2. The van der Waals surface area contributed by atoms with Gasteiger partial charge in [0, 0.05) is 10.6 Å². The van der Waals surface area contributed by atoms with Crippen LogP contribution in [0.4, 0.5) is 0 Å². The summed E-state index contributed by atoms with van der Waals surface area (Å²) in [5.41, 5.74) is 1.29. The van der Waals surface area contributed by atoms with Crippen LogP contribution in [0.15, 0.2) is 59.8 Å². The van der Waals surface area contributed by atoms with Crippen molar-refractivity contribution in [1.29, 1.82) is 0 Å². The van der Waals surface area contributed by atoms with Crippen molar-refractivity contribution in [2.45, 2.75) is 12.6 Å². The molecular formula is C18H17ClN2O4. The number of hydrogen-bond donors (Lipinski definition) is 1. The van der Waals surface area contributed by atoms with Crippen molar-refractivity contribution in [2.24, 2.45) is 5.16 Å². The van der Waals surface area contributed by atoms with Gasteiger partial charge in [0.2, 0.25) is 0 Å². The van der Waals surface area contributed by atoms with Gasteiger partial charge in [-0.2, -0.15) is 0 Å². The van der Waals surface area contributed by atoms with Crippen LogP contribution in [-0.4, -0.2) is 31.2 Å². The van der Waals surface area contributed by atoms with Gasteiger partial charge in [0.05, 0.1) is 13.3 Å². The molecule has 7 heteroatoms. The van der Waals surface area contributed by atoms with E-state index in [1.54, 1.807) is 54.6 Å². The van der Waals surface area contributed by atoms with E-state index in [9.17, 15) is 9.59 Å². The highest BCUT2D eigenvalue weighted by atomic mass is 35.5. The summed E-state index contributed by atoms with van der Waals surface area (Å²) in [7, 11) is 1.23. The molecule has 2 rings (SSSR count). The van der Waals surface area contributed by atoms with E-state index in [2.05, 4.69) is 15.2 Å². The Balaban J connectivity index is 1.94. The zero-order valence-electron chi connectivity index (χ0n) is 13.5. The van der Waals surface area contributed by atoms with Crippen LogP contribution in [-0.2, 0) is 21.0 Å². The minimum Gasteiger partial charge on any atom is -0.467 e. The van der Waals surface area contributed by atoms with Gasteiger partial charge in [-0.1, -0.05) is 47.1 Å². The van der Waals surface area contributed by atoms with E-state index in [-0.39, 0.29) is 6.61 Å². The minimum absolute atomic E-state index is 0.203. The largest absolute Gasteiger partial charge is 0.467 e. The van der Waals surface area contributed by atoms with Crippen LogP contribution in [0.2, 0.25) is 5.02 Å². The molecule has 0 heterocycles. The number of oxime groups is 1. The number of ether oxygens (including phenoxy) is 1. The van der Waals surface area contributed by atoms with Crippen LogP contribution in [0.1, 0.15) is 15.9 Å². The number of rotatable bonds is 7. The molecule has 0 aromatic heterocycles. The molecule has 0 fully saturated rings. The van der Waals surface area contributed by atoms with E-state index in [0.29, 0.717) is 10.6 Å². The van der Waals surface area contributed by atoms with Gasteiger partial charge >= 0.3 is 5.97 Å². The van der Waals surface area contributed by atoms with Gasteiger partial charge in [-0.05, 0) is 29.8 Å². The number of nitrogens with zero attached hydrogens (tertiary/aromatic N) is 1. The molecule has 1 N–H and O–H groups in total. The van der Waals surface area contributed by atoms with Crippen LogP contribution in [0, 0.1) is 0 Å². The number of hydrogen-bond acceptors (Lipinski definition) is 5. The molecule has 1 unspecified atom stereocenters. The highest BCUT2D eigenvalue weighted by Crippen LogP contribution is 2.10. The lowest BCUT2D eigenvalue weighted by Gasteiger charge is -2.12. The van der Waals surface area contributed by atoms with E-state index in [1.165, 1.54) is 13.3 Å². The molecule has 2 aromatic rings. The zero-order chi connectivity index (χ0) is 18.1. The first kappa shape index (κ1) is 18.5. The summed E-state index contributed by atoms with van der Waals surface area (Å²) in [4.78, 5) is 29.0. The van der Waals surface area contributed by atoms with Gasteiger partial charge in [0.15, 0.2) is 6.04 Å². The average Bonchev–Trinajstić information content (AvgIpc) is 2.65. The number of benzene rings is 2. The monoisotopic (exact) mass is 360 g/mol. The smallest absolute Gasteiger partial charge is 0.334 e. The van der Waals surface area contributed by atoms with Crippen LogP contribution in [0.25, 0.3) is 0 Å². The second kappa shape index (κ2) is 9.44. The summed E-state index contributed by atoms with van der Waals surface area (Å²) in [6.45, 7) is 0.203. The number of esters is 1. The van der Waals surface area contributed by atoms with Gasteiger partial charge in [-0.25, -0.2) is 4.79 Å². The van der Waals surface area contributed by atoms with E-state index in [4.69, 9.17) is 16.4 Å². The molecule has 2 aromatic carbocycles. The minimum atomic E-state index is -1.05. The van der Waals surface area contributed by atoms with Gasteiger partial charge in [-0.3, -0.25) is 4.79 Å². The maximum absolute atomic E-state index is 12.1. The Morgan fingerprint density at radius 1 is 1.16 bits per heavy atom. The van der Waals surface area contributed by atoms with Crippen molar-refractivity contribution in [3.05, 3.63) is 70.7 Å². The van der Waals surface area contributed by atoms with Crippen LogP contribution in [0.3, 0.4) is 0 Å². The topological polar surface area (TPSA) is 77.0 Å². The summed E-state index contributed by atoms with van der Waals surface area (Å²) in [5.74, 6) is -1.07. The summed E-state index contributed by atoms with van der Waals surface area (Å²) < 4.78 is 4.66. The lowest BCUT2D eigenvalue weighted by Crippen LogP contribution is -2.42. The Bertz CT molecular complexity index is 733. The van der Waals surface area contributed by atoms with E-state index >= 15 is 0 Å². The fourth-order valence-electron chi connectivity index (χ4n) is 1.89. The first-order chi connectivity index (χ1) is 12.1. The third kappa shape index (κ3) is 5.93. The Morgan fingerprint density at radius 3 is 2.48 bits per heavy atom. The quantitative estimate of drug-likeness (QED) is 0.468. The number of amides is 1. The van der Waals surface area contributed by atoms with Crippen molar-refractivity contribution in [1.82, 2.24) is 5.32 Å². The molecule has 0 aliphatic heterocycles. The maximum atomic E-state index is 12.1. The lowest BCUT2D eigenvalue weighted by molar-refractivity contribution is -0.140. The fraction of sp³-hybridized carbons (Fsp3) is 0.167. The molecule has 1 amide bonds. The molecular weight excluding hydrogens is 344 g/mol. The first-order valence-electron chi connectivity index (χ1n) is 7.44. The molecule has 0 aliphatic carbocycles. The summed E-state index contributed by atoms with van der Waals surface area (Å²) in [5, 5.41) is 6.89. The molecule has 0 saturated carbocycles. The van der Waals surface area contributed by atoms with Crippen molar-refractivity contribution in [3.8, 4) is 0 Å². The van der Waals surface area contributed by atoms with Crippen molar-refractivity contribution >= 4 is 29.7 Å². The molecule has 0 aliphatic rings. The SMILES string of the molecule is COC(=O)C(/C=N\OCc1ccc(Cl)cc1)NC(=O)c1ccccc1. The van der Waals surface area contributed by atoms with Gasteiger partial charge in [0.25, 0.3) is 5.91 Å². The number of carbonyl (C=O) groups excluding carboxylic acids is 2. The Hall–Kier alpha value is -2.86. The zero-order valence-corrected chi connectivity index (χ0v) is 14.3. The van der Waals surface area contributed by atoms with E-state index in [1.807, 2.05) is 0 Å². The Morgan fingerprint density at radius 2 is 1.84 bits per heavy atom. The summed E-state index contributed by atoms with van der Waals surface area (Å²) in [6, 6.07) is 14.5. The molecule has 130 valence electrons. The average molecular weight is 361 g/mol. The van der Waals surface area contributed by atoms with E-state index in [0.717, 1.165) is 5.56 Å². The van der Waals surface area contributed by atoms with Gasteiger partial charge in [-0.15, -0.1) is 0 Å². The molecule has 0 spiro atoms. The number of halogens is 1. The van der Waals surface area contributed by atoms with Crippen LogP contribution in [0.5, 0.6) is 0 Å². The third-order valence-electron chi connectivity index (χ3n) is 3.21. The first-order valence-corrected chi connectivity index (χ1v) is 7.81. The third-order valence-corrected chi connectivity index (χ3v) is 3.46. The molecule has 25 heavy (non-hydrogen) atoms. The highest BCUT2D eigenvalue weighted by Gasteiger charge is 2.20. The standard InChI is InChI=1S/C18H17ClN2O4/c1-24-18(23)16(21-17(22)14-5-3-2-4-6-14)11-20-25-12-13-7-9-15(19)10-8-13/h2-11,16H,12H2,1H3,(H,21,22)/b20-11-. The molecule has 0 bridgehead atoms. The Labute approximate surface area is 150 Å². The van der Waals surface area contributed by atoms with Crippen molar-refractivity contribution < 1.29 is 19.2 Å².